The number of rotatable bonds is 7. The lowest BCUT2D eigenvalue weighted by molar-refractivity contribution is -0.112. The molecule has 4 nitrogen and oxygen atoms in total. The molecule has 162 valence electrons. The fraction of sp³-hybridized carbons (Fsp3) is 0.120. The molecule has 0 radical (unpaired) electrons. The van der Waals surface area contributed by atoms with Gasteiger partial charge in [0.05, 0.1) is 14.5 Å². The van der Waals surface area contributed by atoms with Crippen LogP contribution in [0.25, 0.3) is 6.08 Å². The number of ether oxygens (including phenoxy) is 1. The maximum atomic E-state index is 12.5. The maximum absolute atomic E-state index is 12.5. The average molecular weight is 530 g/mol. The van der Waals surface area contributed by atoms with Crippen LogP contribution < -0.4 is 10.1 Å². The molecule has 0 fully saturated rings. The van der Waals surface area contributed by atoms with E-state index >= 15 is 0 Å². The summed E-state index contributed by atoms with van der Waals surface area (Å²) in [4.78, 5) is 12.5. The Morgan fingerprint density at radius 2 is 1.78 bits per heavy atom. The van der Waals surface area contributed by atoms with Gasteiger partial charge in [-0.05, 0) is 81.5 Å². The van der Waals surface area contributed by atoms with Gasteiger partial charge in [-0.3, -0.25) is 4.79 Å². The van der Waals surface area contributed by atoms with Crippen molar-refractivity contribution in [2.75, 3.05) is 5.32 Å². The third-order valence-electron chi connectivity index (χ3n) is 4.63. The number of nitriles is 1. The number of carbonyl (C=O) groups is 1. The second-order valence-electron chi connectivity index (χ2n) is 6.90. The molecular formula is C25H19BrCl2N2O2. The Bertz CT molecular complexity index is 1200. The molecular weight excluding hydrogens is 511 g/mol. The third kappa shape index (κ3) is 6.37. The van der Waals surface area contributed by atoms with Gasteiger partial charge in [0.15, 0.2) is 0 Å². The summed E-state index contributed by atoms with van der Waals surface area (Å²) in [5.41, 5.74) is 3.38. The summed E-state index contributed by atoms with van der Waals surface area (Å²) in [6.07, 6.45) is 2.45. The summed E-state index contributed by atoms with van der Waals surface area (Å²) in [7, 11) is 0. The first-order valence-corrected chi connectivity index (χ1v) is 11.3. The molecule has 3 aromatic rings. The Hall–Kier alpha value is -2.78. The summed E-state index contributed by atoms with van der Waals surface area (Å²) in [6.45, 7) is 2.37. The molecule has 0 atom stereocenters. The normalized spacial score (nSPS) is 11.0. The molecule has 0 saturated carbocycles. The van der Waals surface area contributed by atoms with Crippen molar-refractivity contribution in [3.05, 3.63) is 97.4 Å². The second kappa shape index (κ2) is 11.2. The molecule has 3 aromatic carbocycles. The van der Waals surface area contributed by atoms with Gasteiger partial charge in [-0.15, -0.1) is 0 Å². The Morgan fingerprint density at radius 3 is 2.41 bits per heavy atom. The van der Waals surface area contributed by atoms with Crippen LogP contribution in [0.3, 0.4) is 0 Å². The first-order valence-electron chi connectivity index (χ1n) is 9.78. The highest BCUT2D eigenvalue weighted by Crippen LogP contribution is 2.29. The van der Waals surface area contributed by atoms with Gasteiger partial charge in [-0.1, -0.05) is 54.4 Å². The number of halogens is 3. The molecule has 1 N–H and O–H groups in total. The van der Waals surface area contributed by atoms with Crippen LogP contribution in [0.1, 0.15) is 23.6 Å². The van der Waals surface area contributed by atoms with E-state index in [9.17, 15) is 10.1 Å². The molecule has 0 unspecified atom stereocenters. The summed E-state index contributed by atoms with van der Waals surface area (Å²) < 4.78 is 6.53. The highest BCUT2D eigenvalue weighted by Gasteiger charge is 2.11. The van der Waals surface area contributed by atoms with Crippen molar-refractivity contribution in [1.29, 1.82) is 5.26 Å². The smallest absolute Gasteiger partial charge is 0.266 e. The second-order valence-corrected chi connectivity index (χ2v) is 8.57. The van der Waals surface area contributed by atoms with E-state index in [1.165, 1.54) is 11.6 Å². The van der Waals surface area contributed by atoms with Crippen LogP contribution in [0.2, 0.25) is 10.0 Å². The molecule has 0 heterocycles. The zero-order chi connectivity index (χ0) is 23.1. The van der Waals surface area contributed by atoms with Gasteiger partial charge < -0.3 is 10.1 Å². The zero-order valence-electron chi connectivity index (χ0n) is 17.2. The van der Waals surface area contributed by atoms with E-state index in [0.29, 0.717) is 38.1 Å². The summed E-state index contributed by atoms with van der Waals surface area (Å²) in [6, 6.07) is 20.1. The number of benzene rings is 3. The fourth-order valence-electron chi connectivity index (χ4n) is 2.85. The molecule has 0 aliphatic carbocycles. The van der Waals surface area contributed by atoms with Crippen LogP contribution in [0.4, 0.5) is 5.69 Å². The summed E-state index contributed by atoms with van der Waals surface area (Å²) in [5, 5.41) is 13.2. The molecule has 1 amide bonds. The minimum atomic E-state index is -0.465. The first-order chi connectivity index (χ1) is 15.4. The summed E-state index contributed by atoms with van der Waals surface area (Å²) >= 11 is 15.5. The molecule has 0 aliphatic heterocycles. The van der Waals surface area contributed by atoms with Gasteiger partial charge in [-0.25, -0.2) is 0 Å². The van der Waals surface area contributed by atoms with Crippen LogP contribution in [-0.2, 0) is 17.8 Å². The van der Waals surface area contributed by atoms with Crippen molar-refractivity contribution < 1.29 is 9.53 Å². The lowest BCUT2D eigenvalue weighted by atomic mass is 10.1. The van der Waals surface area contributed by atoms with Gasteiger partial charge in [-0.2, -0.15) is 5.26 Å². The number of aryl methyl sites for hydroxylation is 1. The summed E-state index contributed by atoms with van der Waals surface area (Å²) in [5.74, 6) is 0.153. The molecule has 0 saturated heterocycles. The minimum Gasteiger partial charge on any atom is -0.488 e. The number of nitrogens with one attached hydrogen (secondary N) is 1. The Morgan fingerprint density at radius 1 is 1.06 bits per heavy atom. The van der Waals surface area contributed by atoms with Crippen molar-refractivity contribution in [3.8, 4) is 11.8 Å². The van der Waals surface area contributed by atoms with Crippen molar-refractivity contribution in [2.45, 2.75) is 20.0 Å². The van der Waals surface area contributed by atoms with E-state index in [1.54, 1.807) is 30.3 Å². The van der Waals surface area contributed by atoms with E-state index in [1.807, 2.05) is 36.4 Å². The molecule has 3 rings (SSSR count). The van der Waals surface area contributed by atoms with E-state index in [-0.39, 0.29) is 5.57 Å². The molecule has 0 bridgehead atoms. The lowest BCUT2D eigenvalue weighted by Crippen LogP contribution is -2.13. The van der Waals surface area contributed by atoms with Crippen LogP contribution in [0, 0.1) is 11.3 Å². The zero-order valence-corrected chi connectivity index (χ0v) is 20.3. The number of amides is 1. The predicted octanol–water partition coefficient (Wildman–Crippen LogP) is 7.44. The van der Waals surface area contributed by atoms with Gasteiger partial charge >= 0.3 is 0 Å². The number of anilines is 1. The number of hydrogen-bond donors (Lipinski definition) is 1. The first kappa shape index (κ1) is 23.9. The SMILES string of the molecule is CCc1ccc(NC(=O)/C(C#N)=C/c2ccc(OCc3ccc(Cl)c(Cl)c3)c(Br)c2)cc1. The van der Waals surface area contributed by atoms with Crippen molar-refractivity contribution >= 4 is 56.8 Å². The quantitative estimate of drug-likeness (QED) is 0.255. The topological polar surface area (TPSA) is 62.1 Å². The van der Waals surface area contributed by atoms with E-state index in [0.717, 1.165) is 12.0 Å². The van der Waals surface area contributed by atoms with E-state index in [4.69, 9.17) is 27.9 Å². The number of carbonyl (C=O) groups excluding carboxylic acids is 1. The average Bonchev–Trinajstić information content (AvgIpc) is 2.79. The van der Waals surface area contributed by atoms with Crippen LogP contribution >= 0.6 is 39.1 Å². The fourth-order valence-corrected chi connectivity index (χ4v) is 3.68. The Balaban J connectivity index is 1.69. The third-order valence-corrected chi connectivity index (χ3v) is 5.99. The van der Waals surface area contributed by atoms with Crippen LogP contribution in [0.15, 0.2) is 70.7 Å². The highest BCUT2D eigenvalue weighted by molar-refractivity contribution is 9.10. The van der Waals surface area contributed by atoms with Crippen molar-refractivity contribution in [1.82, 2.24) is 0 Å². The molecule has 0 aliphatic rings. The number of nitrogens with zero attached hydrogens (tertiary/aromatic N) is 1. The molecule has 7 heteroatoms. The highest BCUT2D eigenvalue weighted by atomic mass is 79.9. The molecule has 0 aromatic heterocycles. The van der Waals surface area contributed by atoms with Gasteiger partial charge in [0.1, 0.15) is 24.0 Å². The van der Waals surface area contributed by atoms with Gasteiger partial charge in [0, 0.05) is 5.69 Å². The van der Waals surface area contributed by atoms with E-state index < -0.39 is 5.91 Å². The molecule has 32 heavy (non-hydrogen) atoms. The van der Waals surface area contributed by atoms with Gasteiger partial charge in [0.25, 0.3) is 5.91 Å². The maximum Gasteiger partial charge on any atom is 0.266 e. The van der Waals surface area contributed by atoms with Crippen LogP contribution in [-0.4, -0.2) is 5.91 Å². The van der Waals surface area contributed by atoms with Crippen molar-refractivity contribution in [3.63, 3.8) is 0 Å². The molecule has 0 spiro atoms. The Kier molecular flexibility index (Phi) is 8.35. The Labute approximate surface area is 205 Å². The minimum absolute atomic E-state index is 0.000873. The largest absolute Gasteiger partial charge is 0.488 e. The van der Waals surface area contributed by atoms with Crippen LogP contribution in [0.5, 0.6) is 5.75 Å². The van der Waals surface area contributed by atoms with Crippen molar-refractivity contribution in [2.24, 2.45) is 0 Å². The standard InChI is InChI=1S/C25H19BrCl2N2O2/c1-2-16-3-7-20(8-4-16)30-25(31)19(14-29)11-17-6-10-24(21(26)12-17)32-15-18-5-9-22(27)23(28)13-18/h3-13H,2,15H2,1H3,(H,30,31)/b19-11+. The predicted molar refractivity (Wildman–Crippen MR) is 133 cm³/mol. The lowest BCUT2D eigenvalue weighted by Gasteiger charge is -2.10. The van der Waals surface area contributed by atoms with Gasteiger partial charge in [0.2, 0.25) is 0 Å². The van der Waals surface area contributed by atoms with E-state index in [2.05, 4.69) is 28.2 Å². The number of hydrogen-bond acceptors (Lipinski definition) is 3. The monoisotopic (exact) mass is 528 g/mol.